The van der Waals surface area contributed by atoms with Crippen molar-refractivity contribution in [2.24, 2.45) is 0 Å². The van der Waals surface area contributed by atoms with Crippen molar-refractivity contribution in [3.63, 3.8) is 0 Å². The van der Waals surface area contributed by atoms with Gasteiger partial charge in [0.1, 0.15) is 18.1 Å². The Morgan fingerprint density at radius 3 is 2.34 bits per heavy atom. The number of carbonyl (C=O) groups is 1. The number of aliphatic carboxylic acids is 1. The van der Waals surface area contributed by atoms with E-state index in [-0.39, 0.29) is 24.9 Å². The summed E-state index contributed by atoms with van der Waals surface area (Å²) in [5.41, 5.74) is 1.29. The molecule has 29 heavy (non-hydrogen) atoms. The second kappa shape index (κ2) is 10.2. The maximum Gasteiger partial charge on any atom is 0.573 e. The predicted molar refractivity (Wildman–Crippen MR) is 99.9 cm³/mol. The van der Waals surface area contributed by atoms with Crippen LogP contribution in [0.5, 0.6) is 11.5 Å². The summed E-state index contributed by atoms with van der Waals surface area (Å²) in [6, 6.07) is 12.4. The minimum atomic E-state index is -4.75. The molecule has 2 rings (SSSR count). The predicted octanol–water partition coefficient (Wildman–Crippen LogP) is 4.98. The number of carboxylic acid groups (broad SMARTS) is 1. The van der Waals surface area contributed by atoms with Crippen LogP contribution in [0.25, 0.3) is 0 Å². The van der Waals surface area contributed by atoms with Crippen molar-refractivity contribution in [2.45, 2.75) is 51.9 Å². The molecule has 0 aliphatic heterocycles. The number of rotatable bonds is 10. The van der Waals surface area contributed by atoms with Crippen molar-refractivity contribution < 1.29 is 37.3 Å². The molecule has 0 spiro atoms. The van der Waals surface area contributed by atoms with Gasteiger partial charge in [0.05, 0.1) is 6.10 Å². The number of benzene rings is 2. The molecule has 0 aromatic heterocycles. The van der Waals surface area contributed by atoms with Gasteiger partial charge >= 0.3 is 12.3 Å². The second-order valence-corrected chi connectivity index (χ2v) is 6.51. The highest BCUT2D eigenvalue weighted by molar-refractivity contribution is 5.72. The lowest BCUT2D eigenvalue weighted by Crippen LogP contribution is -2.30. The van der Waals surface area contributed by atoms with E-state index in [0.717, 1.165) is 5.56 Å². The van der Waals surface area contributed by atoms with Crippen LogP contribution in [0, 0.1) is 0 Å². The maximum atomic E-state index is 12.3. The van der Waals surface area contributed by atoms with Gasteiger partial charge in [0.25, 0.3) is 0 Å². The molecule has 0 saturated heterocycles. The molecular weight excluding hydrogens is 389 g/mol. The Labute approximate surface area is 167 Å². The highest BCUT2D eigenvalue weighted by atomic mass is 19.4. The molecule has 0 amide bonds. The van der Waals surface area contributed by atoms with E-state index in [9.17, 15) is 23.1 Å². The lowest BCUT2D eigenvalue weighted by molar-refractivity contribution is -0.274. The van der Waals surface area contributed by atoms with Crippen LogP contribution in [0.2, 0.25) is 0 Å². The van der Waals surface area contributed by atoms with Gasteiger partial charge in [0.15, 0.2) is 6.10 Å². The molecule has 2 aromatic carbocycles. The summed E-state index contributed by atoms with van der Waals surface area (Å²) in [4.78, 5) is 11.4. The number of halogens is 3. The normalized spacial score (nSPS) is 13.6. The van der Waals surface area contributed by atoms with Crippen LogP contribution in [0.1, 0.15) is 31.4 Å². The molecule has 0 saturated carbocycles. The highest BCUT2D eigenvalue weighted by Crippen LogP contribution is 2.24. The Bertz CT molecular complexity index is 790. The van der Waals surface area contributed by atoms with Crippen molar-refractivity contribution >= 4 is 5.97 Å². The molecule has 2 aromatic rings. The molecule has 0 radical (unpaired) electrons. The fourth-order valence-corrected chi connectivity index (χ4v) is 2.51. The maximum absolute atomic E-state index is 12.3. The van der Waals surface area contributed by atoms with E-state index in [1.54, 1.807) is 30.3 Å². The Balaban J connectivity index is 1.94. The first kappa shape index (κ1) is 22.5. The molecule has 0 aliphatic rings. The van der Waals surface area contributed by atoms with Crippen molar-refractivity contribution in [1.82, 2.24) is 0 Å². The second-order valence-electron chi connectivity index (χ2n) is 6.51. The summed E-state index contributed by atoms with van der Waals surface area (Å²) in [6.07, 6.45) is -4.91. The molecule has 2 unspecified atom stereocenters. The quantitative estimate of drug-likeness (QED) is 0.597. The third-order valence-electron chi connectivity index (χ3n) is 4.13. The van der Waals surface area contributed by atoms with E-state index >= 15 is 0 Å². The van der Waals surface area contributed by atoms with Crippen LogP contribution in [-0.2, 0) is 22.6 Å². The Morgan fingerprint density at radius 1 is 1.07 bits per heavy atom. The van der Waals surface area contributed by atoms with Crippen LogP contribution in [0.3, 0.4) is 0 Å². The molecule has 2 atom stereocenters. The Kier molecular flexibility index (Phi) is 7.90. The third-order valence-corrected chi connectivity index (χ3v) is 4.13. The summed E-state index contributed by atoms with van der Waals surface area (Å²) in [5.74, 6) is -0.827. The molecule has 5 nitrogen and oxygen atoms in total. The van der Waals surface area contributed by atoms with Crippen molar-refractivity contribution in [1.29, 1.82) is 0 Å². The van der Waals surface area contributed by atoms with Crippen molar-refractivity contribution in [2.75, 3.05) is 0 Å². The first-order valence-corrected chi connectivity index (χ1v) is 9.11. The molecule has 8 heteroatoms. The van der Waals surface area contributed by atoms with Gasteiger partial charge in [0.2, 0.25) is 0 Å². The average molecular weight is 412 g/mol. The van der Waals surface area contributed by atoms with Gasteiger partial charge in [-0.25, -0.2) is 4.79 Å². The monoisotopic (exact) mass is 412 g/mol. The summed E-state index contributed by atoms with van der Waals surface area (Å²) < 4.78 is 51.9. The summed E-state index contributed by atoms with van der Waals surface area (Å²) >= 11 is 0. The molecular formula is C21H23F3O5. The highest BCUT2D eigenvalue weighted by Gasteiger charge is 2.31. The standard InChI is InChI=1S/C21H23F3O5/c1-3-14(2)28-19(20(25)26)12-15-7-9-17(10-8-15)27-13-16-5-4-6-18(11-16)29-21(22,23)24/h4-11,14,19H,3,12-13H2,1-2H3,(H,25,26). The van der Waals surface area contributed by atoms with E-state index in [4.69, 9.17) is 9.47 Å². The van der Waals surface area contributed by atoms with Crippen molar-refractivity contribution in [3.05, 3.63) is 59.7 Å². The van der Waals surface area contributed by atoms with E-state index < -0.39 is 18.4 Å². The summed E-state index contributed by atoms with van der Waals surface area (Å²) in [7, 11) is 0. The molecule has 0 aliphatic carbocycles. The minimum absolute atomic E-state index is 0.0588. The van der Waals surface area contributed by atoms with Gasteiger partial charge < -0.3 is 19.3 Å². The molecule has 0 heterocycles. The lowest BCUT2D eigenvalue weighted by atomic mass is 10.1. The molecule has 0 bridgehead atoms. The van der Waals surface area contributed by atoms with Gasteiger partial charge in [0, 0.05) is 6.42 Å². The number of ether oxygens (including phenoxy) is 3. The molecule has 1 N–H and O–H groups in total. The Hall–Kier alpha value is -2.74. The smallest absolute Gasteiger partial charge is 0.489 e. The van der Waals surface area contributed by atoms with E-state index in [1.807, 2.05) is 13.8 Å². The zero-order chi connectivity index (χ0) is 21.4. The van der Waals surface area contributed by atoms with Gasteiger partial charge in [-0.2, -0.15) is 0 Å². The van der Waals surface area contributed by atoms with Gasteiger partial charge in [-0.3, -0.25) is 0 Å². The number of hydrogen-bond acceptors (Lipinski definition) is 4. The van der Waals surface area contributed by atoms with E-state index in [0.29, 0.717) is 17.7 Å². The zero-order valence-electron chi connectivity index (χ0n) is 16.1. The van der Waals surface area contributed by atoms with Crippen LogP contribution in [0.4, 0.5) is 13.2 Å². The average Bonchev–Trinajstić information content (AvgIpc) is 2.65. The van der Waals surface area contributed by atoms with Crippen LogP contribution in [-0.4, -0.2) is 29.6 Å². The van der Waals surface area contributed by atoms with E-state index in [2.05, 4.69) is 4.74 Å². The number of hydrogen-bond donors (Lipinski definition) is 1. The van der Waals surface area contributed by atoms with Crippen LogP contribution >= 0.6 is 0 Å². The van der Waals surface area contributed by atoms with Gasteiger partial charge in [-0.1, -0.05) is 31.2 Å². The first-order chi connectivity index (χ1) is 13.7. The van der Waals surface area contributed by atoms with Crippen molar-refractivity contribution in [3.8, 4) is 11.5 Å². The zero-order valence-corrected chi connectivity index (χ0v) is 16.1. The SMILES string of the molecule is CCC(C)OC(Cc1ccc(OCc2cccc(OC(F)(F)F)c2)cc1)C(=O)O. The fourth-order valence-electron chi connectivity index (χ4n) is 2.51. The minimum Gasteiger partial charge on any atom is -0.489 e. The molecule has 0 fully saturated rings. The van der Waals surface area contributed by atoms with Gasteiger partial charge in [-0.15, -0.1) is 13.2 Å². The largest absolute Gasteiger partial charge is 0.573 e. The van der Waals surface area contributed by atoms with E-state index in [1.165, 1.54) is 18.2 Å². The summed E-state index contributed by atoms with van der Waals surface area (Å²) in [5, 5.41) is 9.31. The first-order valence-electron chi connectivity index (χ1n) is 9.11. The third kappa shape index (κ3) is 8.03. The Morgan fingerprint density at radius 2 is 1.76 bits per heavy atom. The topological polar surface area (TPSA) is 65.0 Å². The van der Waals surface area contributed by atoms with Crippen LogP contribution < -0.4 is 9.47 Å². The summed E-state index contributed by atoms with van der Waals surface area (Å²) in [6.45, 7) is 3.80. The lowest BCUT2D eigenvalue weighted by Gasteiger charge is -2.18. The van der Waals surface area contributed by atoms with Crippen LogP contribution in [0.15, 0.2) is 48.5 Å². The molecule has 158 valence electrons. The number of alkyl halides is 3. The number of carboxylic acids is 1. The van der Waals surface area contributed by atoms with Gasteiger partial charge in [-0.05, 0) is 48.7 Å². The fraction of sp³-hybridized carbons (Fsp3) is 0.381.